The van der Waals surface area contributed by atoms with Gasteiger partial charge < -0.3 is 25.4 Å². The monoisotopic (exact) mass is 538 g/mol. The zero-order valence-corrected chi connectivity index (χ0v) is 21.4. The average molecular weight is 539 g/mol. The number of amides is 4. The number of aryl methyl sites for hydroxylation is 1. The van der Waals surface area contributed by atoms with Crippen LogP contribution in [0.25, 0.3) is 0 Å². The summed E-state index contributed by atoms with van der Waals surface area (Å²) in [5.74, 6) is -0.199. The minimum atomic E-state index is -4.21. The van der Waals surface area contributed by atoms with Gasteiger partial charge in [0, 0.05) is 30.8 Å². The van der Waals surface area contributed by atoms with E-state index in [1.54, 1.807) is 49.4 Å². The molecule has 1 aliphatic rings. The van der Waals surface area contributed by atoms with Crippen molar-refractivity contribution in [3.63, 3.8) is 0 Å². The van der Waals surface area contributed by atoms with Crippen LogP contribution in [0.5, 0.6) is 11.5 Å². The molecule has 12 heteroatoms. The molecule has 0 aliphatic carbocycles. The van der Waals surface area contributed by atoms with E-state index in [1.807, 2.05) is 4.72 Å². The van der Waals surface area contributed by atoms with Crippen molar-refractivity contribution in [1.29, 1.82) is 0 Å². The van der Waals surface area contributed by atoms with Crippen molar-refractivity contribution in [2.45, 2.75) is 24.3 Å². The summed E-state index contributed by atoms with van der Waals surface area (Å²) in [4.78, 5) is 39.3. The molecule has 4 N–H and O–H groups in total. The smallest absolute Gasteiger partial charge is 0.329 e. The second-order valence-electron chi connectivity index (χ2n) is 8.60. The molecule has 0 bridgehead atoms. The summed E-state index contributed by atoms with van der Waals surface area (Å²) >= 11 is 0. The van der Waals surface area contributed by atoms with Gasteiger partial charge in [-0.3, -0.25) is 9.59 Å². The van der Waals surface area contributed by atoms with Gasteiger partial charge in [-0.2, -0.15) is 0 Å². The number of carbonyl (C=O) groups is 3. The minimum Gasteiger partial charge on any atom is -0.454 e. The van der Waals surface area contributed by atoms with Crippen LogP contribution in [0.2, 0.25) is 0 Å². The summed E-state index contributed by atoms with van der Waals surface area (Å²) in [5.41, 5.74) is 7.04. The molecule has 38 heavy (non-hydrogen) atoms. The molecule has 0 aromatic heterocycles. The minimum absolute atomic E-state index is 0.0489. The van der Waals surface area contributed by atoms with Crippen LogP contribution in [0.1, 0.15) is 21.5 Å². The highest BCUT2D eigenvalue weighted by Gasteiger charge is 2.29. The average Bonchev–Trinajstić information content (AvgIpc) is 3.35. The van der Waals surface area contributed by atoms with Crippen molar-refractivity contribution >= 4 is 33.6 Å². The van der Waals surface area contributed by atoms with Gasteiger partial charge >= 0.3 is 6.03 Å². The third kappa shape index (κ3) is 5.86. The molecule has 11 nitrogen and oxygen atoms in total. The zero-order valence-electron chi connectivity index (χ0n) is 20.6. The maximum Gasteiger partial charge on any atom is 0.329 e. The quantitative estimate of drug-likeness (QED) is 0.396. The van der Waals surface area contributed by atoms with Gasteiger partial charge in [-0.25, -0.2) is 17.9 Å². The molecule has 1 aliphatic heterocycles. The lowest BCUT2D eigenvalue weighted by Crippen LogP contribution is -2.52. The molecule has 0 unspecified atom stereocenters. The fourth-order valence-corrected chi connectivity index (χ4v) is 5.13. The van der Waals surface area contributed by atoms with Crippen LogP contribution >= 0.6 is 0 Å². The number of primary amides is 1. The lowest BCUT2D eigenvalue weighted by Gasteiger charge is -2.25. The van der Waals surface area contributed by atoms with Gasteiger partial charge in [-0.05, 0) is 48.4 Å². The highest BCUT2D eigenvalue weighted by Crippen LogP contribution is 2.35. The molecule has 0 fully saturated rings. The SMILES string of the molecule is Cc1ccccc1S(=O)(=O)NC(=O)N[C@@H](Cc1cccc(C(N)=O)c1)C(=O)N(C)c1ccc2c(c1)OCO2. The Kier molecular flexibility index (Phi) is 7.53. The van der Waals surface area contributed by atoms with Crippen LogP contribution in [-0.4, -0.2) is 46.1 Å². The Balaban J connectivity index is 1.59. The van der Waals surface area contributed by atoms with Gasteiger partial charge in [0.2, 0.25) is 18.6 Å². The van der Waals surface area contributed by atoms with Gasteiger partial charge in [-0.15, -0.1) is 0 Å². The number of ether oxygens (including phenoxy) is 2. The van der Waals surface area contributed by atoms with Gasteiger partial charge in [0.25, 0.3) is 10.0 Å². The van der Waals surface area contributed by atoms with E-state index in [9.17, 15) is 22.8 Å². The van der Waals surface area contributed by atoms with E-state index >= 15 is 0 Å². The Morgan fingerprint density at radius 1 is 1.00 bits per heavy atom. The molecule has 0 radical (unpaired) electrons. The number of likely N-dealkylation sites (N-methyl/N-ethyl adjacent to an activating group) is 1. The molecule has 4 amide bonds. The lowest BCUT2D eigenvalue weighted by molar-refractivity contribution is -0.120. The second kappa shape index (κ2) is 10.8. The number of anilines is 1. The van der Waals surface area contributed by atoms with E-state index in [-0.39, 0.29) is 23.7 Å². The van der Waals surface area contributed by atoms with Crippen molar-refractivity contribution < 1.29 is 32.3 Å². The molecule has 1 atom stereocenters. The number of benzene rings is 3. The third-order valence-electron chi connectivity index (χ3n) is 5.94. The second-order valence-corrected chi connectivity index (χ2v) is 10.3. The number of hydrogen-bond donors (Lipinski definition) is 3. The van der Waals surface area contributed by atoms with Crippen molar-refractivity contribution in [2.75, 3.05) is 18.7 Å². The standard InChI is InChI=1S/C26H26N4O7S/c1-16-6-3-4-9-23(16)38(34,35)29-26(33)28-20(13-17-7-5-8-18(12-17)24(27)31)25(32)30(2)19-10-11-21-22(14-19)37-15-36-21/h3-12,14,20H,13,15H2,1-2H3,(H2,27,31)(H2,28,29,33)/t20-/m0/s1. The first-order valence-corrected chi connectivity index (χ1v) is 13.0. The Hall–Kier alpha value is -4.58. The Bertz CT molecular complexity index is 1510. The van der Waals surface area contributed by atoms with Gasteiger partial charge in [0.15, 0.2) is 11.5 Å². The molecule has 1 heterocycles. The maximum absolute atomic E-state index is 13.6. The molecule has 3 aromatic carbocycles. The van der Waals surface area contributed by atoms with Crippen molar-refractivity contribution in [3.8, 4) is 11.5 Å². The molecule has 198 valence electrons. The first-order valence-electron chi connectivity index (χ1n) is 11.5. The van der Waals surface area contributed by atoms with Gasteiger partial charge in [0.05, 0.1) is 4.90 Å². The predicted octanol–water partition coefficient (Wildman–Crippen LogP) is 2.08. The summed E-state index contributed by atoms with van der Waals surface area (Å²) in [6, 6.07) is 15.1. The summed E-state index contributed by atoms with van der Waals surface area (Å²) in [7, 11) is -2.70. The topological polar surface area (TPSA) is 157 Å². The van der Waals surface area contributed by atoms with Crippen LogP contribution in [0.15, 0.2) is 71.6 Å². The highest BCUT2D eigenvalue weighted by molar-refractivity contribution is 7.90. The number of rotatable bonds is 8. The maximum atomic E-state index is 13.6. The summed E-state index contributed by atoms with van der Waals surface area (Å²) in [6.45, 7) is 1.66. The zero-order chi connectivity index (χ0) is 27.4. The number of hydrogen-bond acceptors (Lipinski definition) is 7. The number of urea groups is 1. The molecule has 3 aromatic rings. The first kappa shape index (κ1) is 26.5. The number of nitrogens with two attached hydrogens (primary N) is 1. The largest absolute Gasteiger partial charge is 0.454 e. The van der Waals surface area contributed by atoms with E-state index in [1.165, 1.54) is 36.2 Å². The Labute approximate surface area is 219 Å². The number of nitrogens with one attached hydrogen (secondary N) is 2. The molecule has 0 saturated carbocycles. The Morgan fingerprint density at radius 2 is 1.74 bits per heavy atom. The van der Waals surface area contributed by atoms with Gasteiger partial charge in [0.1, 0.15) is 6.04 Å². The van der Waals surface area contributed by atoms with Gasteiger partial charge in [-0.1, -0.05) is 30.3 Å². The number of sulfonamides is 1. The highest BCUT2D eigenvalue weighted by atomic mass is 32.2. The van der Waals surface area contributed by atoms with E-state index in [0.29, 0.717) is 28.3 Å². The molecule has 0 saturated heterocycles. The van der Waals surface area contributed by atoms with E-state index < -0.39 is 33.9 Å². The number of carbonyl (C=O) groups excluding carboxylic acids is 3. The van der Waals surface area contributed by atoms with Crippen molar-refractivity contribution in [1.82, 2.24) is 10.0 Å². The third-order valence-corrected chi connectivity index (χ3v) is 7.43. The summed E-state index contributed by atoms with van der Waals surface area (Å²) in [6.07, 6.45) is -0.0489. The summed E-state index contributed by atoms with van der Waals surface area (Å²) < 4.78 is 38.3. The van der Waals surface area contributed by atoms with Crippen LogP contribution in [-0.2, 0) is 21.2 Å². The number of nitrogens with zero attached hydrogens (tertiary/aromatic N) is 1. The lowest BCUT2D eigenvalue weighted by atomic mass is 10.0. The molecular formula is C26H26N4O7S. The summed E-state index contributed by atoms with van der Waals surface area (Å²) in [5, 5.41) is 2.47. The van der Waals surface area contributed by atoms with E-state index in [0.717, 1.165) is 0 Å². The fourth-order valence-electron chi connectivity index (χ4n) is 3.96. The fraction of sp³-hybridized carbons (Fsp3) is 0.192. The predicted molar refractivity (Wildman–Crippen MR) is 138 cm³/mol. The van der Waals surface area contributed by atoms with E-state index in [4.69, 9.17) is 15.2 Å². The van der Waals surface area contributed by atoms with Crippen LogP contribution in [0.3, 0.4) is 0 Å². The van der Waals surface area contributed by atoms with E-state index in [2.05, 4.69) is 5.32 Å². The Morgan fingerprint density at radius 3 is 2.47 bits per heavy atom. The van der Waals surface area contributed by atoms with Crippen molar-refractivity contribution in [3.05, 3.63) is 83.4 Å². The first-order chi connectivity index (χ1) is 18.0. The van der Waals surface area contributed by atoms with Crippen LogP contribution < -0.4 is 30.1 Å². The van der Waals surface area contributed by atoms with Crippen molar-refractivity contribution in [2.24, 2.45) is 5.73 Å². The molecule has 4 rings (SSSR count). The molecular weight excluding hydrogens is 512 g/mol. The number of fused-ring (bicyclic) bond motifs is 1. The molecule has 0 spiro atoms. The van der Waals surface area contributed by atoms with Crippen LogP contribution in [0, 0.1) is 6.92 Å². The van der Waals surface area contributed by atoms with Crippen LogP contribution in [0.4, 0.5) is 10.5 Å². The normalized spacial score (nSPS) is 12.9.